The second-order valence-corrected chi connectivity index (χ2v) is 13.1. The number of halogens is 1. The average Bonchev–Trinajstić information content (AvgIpc) is 3.48. The Labute approximate surface area is 281 Å². The fourth-order valence-corrected chi connectivity index (χ4v) is 7.35. The van der Waals surface area contributed by atoms with Crippen LogP contribution in [0.2, 0.25) is 5.02 Å². The summed E-state index contributed by atoms with van der Waals surface area (Å²) >= 11 is 7.60. The predicted molar refractivity (Wildman–Crippen MR) is 186 cm³/mol. The zero-order valence-electron chi connectivity index (χ0n) is 27.2. The minimum atomic E-state index is -0.778. The molecule has 3 aromatic carbocycles. The summed E-state index contributed by atoms with van der Waals surface area (Å²) in [5.41, 5.74) is 5.33. The Kier molecular flexibility index (Phi) is 9.12. The van der Waals surface area contributed by atoms with Gasteiger partial charge in [0.1, 0.15) is 0 Å². The molecule has 0 spiro atoms. The van der Waals surface area contributed by atoms with Crippen LogP contribution in [0.15, 0.2) is 87.8 Å². The van der Waals surface area contributed by atoms with Crippen LogP contribution in [0.4, 0.5) is 0 Å². The van der Waals surface area contributed by atoms with Gasteiger partial charge < -0.3 is 18.8 Å². The molecule has 242 valence electrons. The molecular formula is C37H36ClN3O5S. The van der Waals surface area contributed by atoms with Crippen molar-refractivity contribution in [2.45, 2.75) is 53.3 Å². The lowest BCUT2D eigenvalue weighted by Crippen LogP contribution is -2.40. The predicted octanol–water partition coefficient (Wildman–Crippen LogP) is 6.56. The molecule has 2 aromatic heterocycles. The lowest BCUT2D eigenvalue weighted by Gasteiger charge is -2.25. The van der Waals surface area contributed by atoms with Crippen LogP contribution in [-0.4, -0.2) is 34.9 Å². The van der Waals surface area contributed by atoms with Gasteiger partial charge in [0.2, 0.25) is 0 Å². The third kappa shape index (κ3) is 6.13. The minimum Gasteiger partial charge on any atom is -0.493 e. The first-order valence-corrected chi connectivity index (χ1v) is 16.7. The van der Waals surface area contributed by atoms with Crippen LogP contribution >= 0.6 is 22.9 Å². The van der Waals surface area contributed by atoms with Gasteiger partial charge in [-0.25, -0.2) is 9.79 Å². The summed E-state index contributed by atoms with van der Waals surface area (Å²) in [6.07, 6.45) is 1.88. The third-order valence-corrected chi connectivity index (χ3v) is 9.39. The van der Waals surface area contributed by atoms with Crippen LogP contribution in [-0.2, 0) is 16.1 Å². The highest BCUT2D eigenvalue weighted by Gasteiger charge is 2.34. The van der Waals surface area contributed by atoms with Crippen molar-refractivity contribution in [2.24, 2.45) is 4.99 Å². The molecule has 0 saturated heterocycles. The van der Waals surface area contributed by atoms with Crippen LogP contribution in [0.1, 0.15) is 56.1 Å². The molecule has 0 amide bonds. The van der Waals surface area contributed by atoms with E-state index in [1.807, 2.05) is 62.4 Å². The number of nitrogens with zero attached hydrogens (tertiary/aromatic N) is 3. The van der Waals surface area contributed by atoms with Crippen LogP contribution in [0.25, 0.3) is 17.0 Å². The van der Waals surface area contributed by atoms with Crippen molar-refractivity contribution in [2.75, 3.05) is 13.7 Å². The van der Waals surface area contributed by atoms with Gasteiger partial charge in [0.05, 0.1) is 41.7 Å². The SMILES string of the molecule is CCOC(=O)C1=C(C)N=c2s/c(=C/c3c(C)n(Cc4cccc(Cl)c4)c4ccccc34)c(=O)n2[C@@H]1c1ccc(OC(C)C)c(OC)c1. The number of hydrogen-bond acceptors (Lipinski definition) is 7. The van der Waals surface area contributed by atoms with Crippen molar-refractivity contribution in [3.63, 3.8) is 0 Å². The van der Waals surface area contributed by atoms with E-state index in [0.29, 0.717) is 49.2 Å². The van der Waals surface area contributed by atoms with Gasteiger partial charge in [0.25, 0.3) is 5.56 Å². The fraction of sp³-hybridized carbons (Fsp3) is 0.270. The number of carbonyl (C=O) groups excluding carboxylic acids is 1. The lowest BCUT2D eigenvalue weighted by atomic mass is 9.95. The van der Waals surface area contributed by atoms with Crippen molar-refractivity contribution in [1.82, 2.24) is 9.13 Å². The maximum atomic E-state index is 14.4. The Morgan fingerprint density at radius 2 is 1.85 bits per heavy atom. The third-order valence-electron chi connectivity index (χ3n) is 8.17. The zero-order valence-corrected chi connectivity index (χ0v) is 28.7. The topological polar surface area (TPSA) is 84.1 Å². The van der Waals surface area contributed by atoms with Crippen molar-refractivity contribution in [3.8, 4) is 11.5 Å². The molecule has 5 aromatic rings. The number of methoxy groups -OCH3 is 1. The Hall–Kier alpha value is -4.60. The number of para-hydroxylation sites is 1. The molecular weight excluding hydrogens is 634 g/mol. The van der Waals surface area contributed by atoms with Gasteiger partial charge in [-0.1, -0.05) is 59.3 Å². The number of fused-ring (bicyclic) bond motifs is 2. The lowest BCUT2D eigenvalue weighted by molar-refractivity contribution is -0.139. The van der Waals surface area contributed by atoms with Crippen molar-refractivity contribution >= 4 is 45.9 Å². The highest BCUT2D eigenvalue weighted by molar-refractivity contribution is 7.07. The number of rotatable bonds is 9. The Morgan fingerprint density at radius 3 is 2.57 bits per heavy atom. The Balaban J connectivity index is 1.54. The molecule has 0 radical (unpaired) electrons. The molecule has 0 unspecified atom stereocenters. The Bertz CT molecular complexity index is 2230. The normalized spacial score (nSPS) is 14.8. The van der Waals surface area contributed by atoms with Gasteiger partial charge in [-0.3, -0.25) is 9.36 Å². The molecule has 1 atom stereocenters. The quantitative estimate of drug-likeness (QED) is 0.166. The highest BCUT2D eigenvalue weighted by atomic mass is 35.5. The van der Waals surface area contributed by atoms with E-state index in [1.54, 1.807) is 31.6 Å². The molecule has 8 nitrogen and oxygen atoms in total. The number of ether oxygens (including phenoxy) is 3. The van der Waals surface area contributed by atoms with E-state index in [-0.39, 0.29) is 18.3 Å². The van der Waals surface area contributed by atoms with Crippen molar-refractivity contribution in [1.29, 1.82) is 0 Å². The fourth-order valence-electron chi connectivity index (χ4n) is 6.11. The molecule has 0 saturated carbocycles. The number of aromatic nitrogens is 2. The van der Waals surface area contributed by atoms with E-state index in [2.05, 4.69) is 29.7 Å². The smallest absolute Gasteiger partial charge is 0.338 e. The van der Waals surface area contributed by atoms with Crippen LogP contribution in [0, 0.1) is 6.92 Å². The monoisotopic (exact) mass is 669 g/mol. The first kappa shape index (κ1) is 32.3. The van der Waals surface area contributed by atoms with Gasteiger partial charge >= 0.3 is 5.97 Å². The second kappa shape index (κ2) is 13.3. The molecule has 0 aliphatic carbocycles. The summed E-state index contributed by atoms with van der Waals surface area (Å²) in [6, 6.07) is 20.7. The molecule has 0 fully saturated rings. The molecule has 47 heavy (non-hydrogen) atoms. The maximum absolute atomic E-state index is 14.4. The number of hydrogen-bond donors (Lipinski definition) is 0. The van der Waals surface area contributed by atoms with Gasteiger partial charge in [-0.2, -0.15) is 0 Å². The second-order valence-electron chi connectivity index (χ2n) is 11.6. The molecule has 10 heteroatoms. The summed E-state index contributed by atoms with van der Waals surface area (Å²) in [4.78, 5) is 33.1. The molecule has 0 N–H and O–H groups in total. The van der Waals surface area contributed by atoms with Gasteiger partial charge in [-0.05, 0) is 82.2 Å². The van der Waals surface area contributed by atoms with E-state index in [1.165, 1.54) is 11.3 Å². The van der Waals surface area contributed by atoms with Gasteiger partial charge in [-0.15, -0.1) is 0 Å². The summed E-state index contributed by atoms with van der Waals surface area (Å²) in [7, 11) is 1.57. The van der Waals surface area contributed by atoms with Gasteiger partial charge in [0.15, 0.2) is 16.3 Å². The number of allylic oxidation sites excluding steroid dienone is 1. The average molecular weight is 670 g/mol. The highest BCUT2D eigenvalue weighted by Crippen LogP contribution is 2.37. The largest absolute Gasteiger partial charge is 0.493 e. The molecule has 0 bridgehead atoms. The molecule has 1 aliphatic heterocycles. The zero-order chi connectivity index (χ0) is 33.4. The molecule has 1 aliphatic rings. The van der Waals surface area contributed by atoms with Crippen LogP contribution < -0.4 is 24.4 Å². The number of benzene rings is 3. The molecule has 3 heterocycles. The van der Waals surface area contributed by atoms with Crippen molar-refractivity contribution < 1.29 is 19.0 Å². The van der Waals surface area contributed by atoms with E-state index in [9.17, 15) is 9.59 Å². The van der Waals surface area contributed by atoms with Gasteiger partial charge in [0, 0.05) is 33.7 Å². The summed E-state index contributed by atoms with van der Waals surface area (Å²) in [6.45, 7) is 10.3. The standard InChI is InChI=1S/C37H36ClN3O5S/c1-7-45-36(43)33-22(4)39-37-41(34(33)25-15-16-30(46-21(2)3)31(18-25)44-6)35(42)32(47-37)19-28-23(5)40(29-14-9-8-13-27(28)29)20-24-11-10-12-26(38)17-24/h8-19,21,34H,7,20H2,1-6H3/b32-19+/t34-/m1/s1. The van der Waals surface area contributed by atoms with Crippen LogP contribution in [0.3, 0.4) is 0 Å². The van der Waals surface area contributed by atoms with E-state index in [4.69, 9.17) is 30.8 Å². The first-order valence-electron chi connectivity index (χ1n) is 15.5. The number of thiazole rings is 1. The molecule has 6 rings (SSSR count). The van der Waals surface area contributed by atoms with E-state index < -0.39 is 12.0 Å². The van der Waals surface area contributed by atoms with E-state index >= 15 is 0 Å². The van der Waals surface area contributed by atoms with Crippen LogP contribution in [0.5, 0.6) is 11.5 Å². The number of carbonyl (C=O) groups is 1. The van der Waals surface area contributed by atoms with E-state index in [0.717, 1.165) is 27.7 Å². The summed E-state index contributed by atoms with van der Waals surface area (Å²) in [5.74, 6) is 0.551. The number of esters is 1. The maximum Gasteiger partial charge on any atom is 0.338 e. The summed E-state index contributed by atoms with van der Waals surface area (Å²) in [5, 5.41) is 1.72. The minimum absolute atomic E-state index is 0.0652. The summed E-state index contributed by atoms with van der Waals surface area (Å²) < 4.78 is 21.4. The van der Waals surface area contributed by atoms with Crippen molar-refractivity contribution in [3.05, 3.63) is 125 Å². The first-order chi connectivity index (χ1) is 22.6. The Morgan fingerprint density at radius 1 is 1.06 bits per heavy atom.